The predicted octanol–water partition coefficient (Wildman–Crippen LogP) is 5.88. The number of carbonyl (C=O) groups is 3. The summed E-state index contributed by atoms with van der Waals surface area (Å²) in [6.07, 6.45) is 3.95. The van der Waals surface area contributed by atoms with Gasteiger partial charge in [0.15, 0.2) is 5.78 Å². The number of ether oxygens (including phenoxy) is 1. The molecule has 7 rings (SSSR count). The number of ketones is 1. The zero-order chi connectivity index (χ0) is 26.8. The van der Waals surface area contributed by atoms with Crippen molar-refractivity contribution >= 4 is 61.8 Å². The lowest BCUT2D eigenvalue weighted by molar-refractivity contribution is -0.122. The quantitative estimate of drug-likeness (QED) is 0.223. The molecular weight excluding hydrogens is 556 g/mol. The highest BCUT2D eigenvalue weighted by Crippen LogP contribution is 2.50. The second-order valence-electron chi connectivity index (χ2n) is 10.1. The Morgan fingerprint density at radius 3 is 2.38 bits per heavy atom. The molecule has 7 heteroatoms. The topological polar surface area (TPSA) is 66.9 Å². The van der Waals surface area contributed by atoms with E-state index in [9.17, 15) is 14.4 Å². The largest absolute Gasteiger partial charge is 0.496 e. The molecule has 4 aromatic rings. The first-order valence-corrected chi connectivity index (χ1v) is 13.6. The number of nitrogens with zero attached hydrogens (tertiary/aromatic N) is 2. The molecule has 0 radical (unpaired) electrons. The molecule has 3 aliphatic rings. The fourth-order valence-electron chi connectivity index (χ4n) is 6.37. The number of imide groups is 1. The van der Waals surface area contributed by atoms with Crippen LogP contribution in [0.15, 0.2) is 95.5 Å². The number of fused-ring (bicyclic) bond motifs is 6. The molecule has 0 spiro atoms. The molecule has 0 N–H and O–H groups in total. The van der Waals surface area contributed by atoms with Crippen LogP contribution >= 0.6 is 15.9 Å². The maximum Gasteiger partial charge on any atom is 0.240 e. The molecule has 0 aromatic heterocycles. The third-order valence-electron chi connectivity index (χ3n) is 8.11. The summed E-state index contributed by atoms with van der Waals surface area (Å²) < 4.78 is 5.99. The van der Waals surface area contributed by atoms with Gasteiger partial charge in [-0.05, 0) is 68.7 Å². The van der Waals surface area contributed by atoms with Crippen molar-refractivity contribution in [1.29, 1.82) is 0 Å². The van der Waals surface area contributed by atoms with Crippen LogP contribution in [0.4, 0.5) is 11.4 Å². The van der Waals surface area contributed by atoms with Crippen LogP contribution in [0.1, 0.15) is 15.9 Å². The number of Topliss-reactive ketones (excluding diaryl/α,β-unsaturated/α-hetero) is 1. The molecule has 2 fully saturated rings. The molecule has 3 aliphatic heterocycles. The van der Waals surface area contributed by atoms with Crippen LogP contribution in [-0.4, -0.2) is 36.8 Å². The van der Waals surface area contributed by atoms with Crippen LogP contribution in [0.3, 0.4) is 0 Å². The Kier molecular flexibility index (Phi) is 5.45. The van der Waals surface area contributed by atoms with Gasteiger partial charge in [0.25, 0.3) is 0 Å². The monoisotopic (exact) mass is 578 g/mol. The SMILES string of the molecule is COc1ccc(C(=O)[C@@H]2[C@@H]3C(=O)N(c4ccc5ccccc5c4)C(=O)[C@H]3[C@H]3C=Cc4ccccc4N32)cc1Br. The zero-order valence-electron chi connectivity index (χ0n) is 21.0. The van der Waals surface area contributed by atoms with Crippen molar-refractivity contribution < 1.29 is 19.1 Å². The molecule has 0 unspecified atom stereocenters. The van der Waals surface area contributed by atoms with Crippen molar-refractivity contribution in [2.24, 2.45) is 11.8 Å². The molecule has 0 aliphatic carbocycles. The summed E-state index contributed by atoms with van der Waals surface area (Å²) in [5.74, 6) is -1.71. The molecule has 4 aromatic carbocycles. The molecular formula is C32H23BrN2O4. The Hall–Kier alpha value is -4.23. The van der Waals surface area contributed by atoms with Gasteiger partial charge in [-0.3, -0.25) is 14.4 Å². The Labute approximate surface area is 233 Å². The van der Waals surface area contributed by atoms with E-state index in [2.05, 4.69) is 15.9 Å². The van der Waals surface area contributed by atoms with Crippen LogP contribution in [0.2, 0.25) is 0 Å². The lowest BCUT2D eigenvalue weighted by Gasteiger charge is -2.36. The molecule has 2 amide bonds. The first kappa shape index (κ1) is 23.9. The Bertz CT molecular complexity index is 1730. The number of hydrogen-bond donors (Lipinski definition) is 0. The number of rotatable bonds is 4. The summed E-state index contributed by atoms with van der Waals surface area (Å²) in [6.45, 7) is 0. The standard InChI is InChI=1S/C32H23BrN2O4/c1-39-26-15-12-21(17-23(26)33)30(36)29-28-27(25-14-11-19-7-4-5-9-24(19)35(25)29)31(37)34(32(28)38)22-13-10-18-6-2-3-8-20(18)16-22/h2-17,25,27-29H,1H3/t25-,27+,28-,29+/m1/s1. The van der Waals surface area contributed by atoms with Crippen LogP contribution in [0.5, 0.6) is 5.75 Å². The van der Waals surface area contributed by atoms with E-state index in [0.29, 0.717) is 21.5 Å². The van der Waals surface area contributed by atoms with Gasteiger partial charge in [0.05, 0.1) is 35.1 Å². The molecule has 3 heterocycles. The summed E-state index contributed by atoms with van der Waals surface area (Å²) in [6, 6.07) is 25.1. The fraction of sp³-hybridized carbons (Fsp3) is 0.156. The number of benzene rings is 4. The highest BCUT2D eigenvalue weighted by atomic mass is 79.9. The lowest BCUT2D eigenvalue weighted by atomic mass is 9.86. The minimum Gasteiger partial charge on any atom is -0.496 e. The smallest absolute Gasteiger partial charge is 0.240 e. The maximum absolute atomic E-state index is 14.3. The van der Waals surface area contributed by atoms with E-state index >= 15 is 0 Å². The average Bonchev–Trinajstić information content (AvgIpc) is 3.44. The van der Waals surface area contributed by atoms with Crippen molar-refractivity contribution in [3.63, 3.8) is 0 Å². The number of halogens is 1. The van der Waals surface area contributed by atoms with Gasteiger partial charge in [-0.15, -0.1) is 0 Å². The van der Waals surface area contributed by atoms with Crippen LogP contribution < -0.4 is 14.5 Å². The number of methoxy groups -OCH3 is 1. The van der Waals surface area contributed by atoms with Crippen molar-refractivity contribution in [3.8, 4) is 5.75 Å². The number of amides is 2. The predicted molar refractivity (Wildman–Crippen MR) is 154 cm³/mol. The molecule has 2 saturated heterocycles. The molecule has 6 nitrogen and oxygen atoms in total. The Morgan fingerprint density at radius 2 is 1.59 bits per heavy atom. The summed E-state index contributed by atoms with van der Waals surface area (Å²) in [5.41, 5.74) is 2.78. The van der Waals surface area contributed by atoms with Gasteiger partial charge in [0.1, 0.15) is 11.8 Å². The minimum atomic E-state index is -0.840. The van der Waals surface area contributed by atoms with Gasteiger partial charge >= 0.3 is 0 Å². The van der Waals surface area contributed by atoms with E-state index in [0.717, 1.165) is 22.0 Å². The second kappa shape index (κ2) is 8.92. The molecule has 0 saturated carbocycles. The highest BCUT2D eigenvalue weighted by Gasteiger charge is 2.64. The number of carbonyl (C=O) groups excluding carboxylic acids is 3. The lowest BCUT2D eigenvalue weighted by Crippen LogP contribution is -2.48. The average molecular weight is 579 g/mol. The van der Waals surface area contributed by atoms with E-state index in [1.54, 1.807) is 31.4 Å². The second-order valence-corrected chi connectivity index (χ2v) is 10.9. The van der Waals surface area contributed by atoms with E-state index in [-0.39, 0.29) is 17.6 Å². The fourth-order valence-corrected chi connectivity index (χ4v) is 6.91. The van der Waals surface area contributed by atoms with E-state index < -0.39 is 23.9 Å². The molecule has 4 atom stereocenters. The highest BCUT2D eigenvalue weighted by molar-refractivity contribution is 9.10. The van der Waals surface area contributed by atoms with Gasteiger partial charge in [-0.1, -0.05) is 60.7 Å². The van der Waals surface area contributed by atoms with Gasteiger partial charge in [-0.2, -0.15) is 0 Å². The maximum atomic E-state index is 14.3. The molecule has 192 valence electrons. The first-order chi connectivity index (χ1) is 19.0. The van der Waals surface area contributed by atoms with Gasteiger partial charge in [0.2, 0.25) is 11.8 Å². The number of hydrogen-bond acceptors (Lipinski definition) is 5. The summed E-state index contributed by atoms with van der Waals surface area (Å²) >= 11 is 3.49. The summed E-state index contributed by atoms with van der Waals surface area (Å²) in [7, 11) is 1.56. The Morgan fingerprint density at radius 1 is 0.846 bits per heavy atom. The van der Waals surface area contributed by atoms with Crippen molar-refractivity contribution in [1.82, 2.24) is 0 Å². The van der Waals surface area contributed by atoms with E-state index in [4.69, 9.17) is 4.74 Å². The van der Waals surface area contributed by atoms with Crippen molar-refractivity contribution in [2.45, 2.75) is 12.1 Å². The molecule has 39 heavy (non-hydrogen) atoms. The van der Waals surface area contributed by atoms with Crippen LogP contribution in [0, 0.1) is 11.8 Å². The van der Waals surface area contributed by atoms with Gasteiger partial charge < -0.3 is 9.64 Å². The van der Waals surface area contributed by atoms with Crippen LogP contribution in [-0.2, 0) is 9.59 Å². The van der Waals surface area contributed by atoms with Crippen molar-refractivity contribution in [3.05, 3.63) is 107 Å². The first-order valence-electron chi connectivity index (χ1n) is 12.8. The summed E-state index contributed by atoms with van der Waals surface area (Å²) in [5, 5.41) is 1.97. The third kappa shape index (κ3) is 3.49. The van der Waals surface area contributed by atoms with Crippen molar-refractivity contribution in [2.75, 3.05) is 16.9 Å². The number of anilines is 2. The Balaban J connectivity index is 1.36. The number of para-hydroxylation sites is 1. The van der Waals surface area contributed by atoms with E-state index in [1.807, 2.05) is 77.7 Å². The minimum absolute atomic E-state index is 0.206. The summed E-state index contributed by atoms with van der Waals surface area (Å²) in [4.78, 5) is 45.8. The van der Waals surface area contributed by atoms with Gasteiger partial charge in [0, 0.05) is 11.3 Å². The molecule has 0 bridgehead atoms. The third-order valence-corrected chi connectivity index (χ3v) is 8.73. The van der Waals surface area contributed by atoms with Gasteiger partial charge in [-0.25, -0.2) is 4.90 Å². The van der Waals surface area contributed by atoms with Crippen LogP contribution in [0.25, 0.3) is 16.8 Å². The van der Waals surface area contributed by atoms with E-state index in [1.165, 1.54) is 4.90 Å². The normalized spacial score (nSPS) is 23.1. The zero-order valence-corrected chi connectivity index (χ0v) is 22.5.